The Hall–Kier alpha value is -1.75. The van der Waals surface area contributed by atoms with Crippen LogP contribution in [0.4, 0.5) is 0 Å². The first-order chi connectivity index (χ1) is 10.0. The minimum Gasteiger partial charge on any atom is -0.337 e. The summed E-state index contributed by atoms with van der Waals surface area (Å²) in [6, 6.07) is 3.95. The van der Waals surface area contributed by atoms with E-state index in [2.05, 4.69) is 9.97 Å². The van der Waals surface area contributed by atoms with Gasteiger partial charge in [-0.25, -0.2) is 9.97 Å². The number of nitrogens with zero attached hydrogens (tertiary/aromatic N) is 3. The van der Waals surface area contributed by atoms with Crippen molar-refractivity contribution in [2.75, 3.05) is 13.1 Å². The van der Waals surface area contributed by atoms with Gasteiger partial charge in [-0.1, -0.05) is 0 Å². The summed E-state index contributed by atoms with van der Waals surface area (Å²) in [6.07, 6.45) is 0.943. The van der Waals surface area contributed by atoms with E-state index in [1.807, 2.05) is 43.2 Å². The molecule has 1 amide bonds. The Bertz CT molecular complexity index is 660. The Kier molecular flexibility index (Phi) is 3.76. The van der Waals surface area contributed by atoms with Crippen LogP contribution >= 0.6 is 11.3 Å². The minimum atomic E-state index is 0.139. The normalized spacial score (nSPS) is 18.2. The lowest BCUT2D eigenvalue weighted by Crippen LogP contribution is -2.28. The van der Waals surface area contributed by atoms with Crippen LogP contribution in [-0.4, -0.2) is 33.9 Å². The number of hydrogen-bond acceptors (Lipinski definition) is 4. The zero-order valence-electron chi connectivity index (χ0n) is 12.6. The molecule has 0 aromatic carbocycles. The smallest absolute Gasteiger partial charge is 0.263 e. The second-order valence-electron chi connectivity index (χ2n) is 5.73. The van der Waals surface area contributed by atoms with Gasteiger partial charge in [0.25, 0.3) is 5.91 Å². The topological polar surface area (TPSA) is 46.1 Å². The fraction of sp³-hybridized carbons (Fsp3) is 0.438. The van der Waals surface area contributed by atoms with Gasteiger partial charge in [-0.3, -0.25) is 4.79 Å². The van der Waals surface area contributed by atoms with Crippen LogP contribution in [0, 0.1) is 20.8 Å². The Morgan fingerprint density at radius 1 is 1.24 bits per heavy atom. The first-order valence-corrected chi connectivity index (χ1v) is 8.07. The largest absolute Gasteiger partial charge is 0.337 e. The van der Waals surface area contributed by atoms with Gasteiger partial charge in [-0.15, -0.1) is 11.3 Å². The minimum absolute atomic E-state index is 0.139. The Morgan fingerprint density at radius 2 is 1.95 bits per heavy atom. The van der Waals surface area contributed by atoms with E-state index in [4.69, 9.17) is 0 Å². The lowest BCUT2D eigenvalue weighted by molar-refractivity contribution is 0.0795. The molecule has 1 atom stereocenters. The molecule has 110 valence electrons. The van der Waals surface area contributed by atoms with E-state index in [9.17, 15) is 4.79 Å². The van der Waals surface area contributed by atoms with Crippen LogP contribution in [0.15, 0.2) is 17.5 Å². The fourth-order valence-electron chi connectivity index (χ4n) is 2.79. The van der Waals surface area contributed by atoms with E-state index in [1.54, 1.807) is 0 Å². The van der Waals surface area contributed by atoms with Crippen LogP contribution in [0.3, 0.4) is 0 Å². The third-order valence-electron chi connectivity index (χ3n) is 3.78. The van der Waals surface area contributed by atoms with Gasteiger partial charge in [0.1, 0.15) is 5.82 Å². The zero-order valence-corrected chi connectivity index (χ0v) is 13.4. The van der Waals surface area contributed by atoms with Crippen LogP contribution in [0.2, 0.25) is 0 Å². The average Bonchev–Trinajstić information content (AvgIpc) is 3.05. The summed E-state index contributed by atoms with van der Waals surface area (Å²) in [4.78, 5) is 24.3. The number of rotatable bonds is 2. The van der Waals surface area contributed by atoms with Crippen LogP contribution < -0.4 is 0 Å². The molecule has 3 heterocycles. The highest BCUT2D eigenvalue weighted by Gasteiger charge is 2.30. The summed E-state index contributed by atoms with van der Waals surface area (Å²) in [7, 11) is 0. The first-order valence-electron chi connectivity index (χ1n) is 7.19. The molecule has 1 unspecified atom stereocenters. The monoisotopic (exact) mass is 301 g/mol. The second kappa shape index (κ2) is 5.56. The summed E-state index contributed by atoms with van der Waals surface area (Å²) in [5.41, 5.74) is 3.14. The molecule has 1 aliphatic rings. The van der Waals surface area contributed by atoms with E-state index in [-0.39, 0.29) is 11.8 Å². The van der Waals surface area contributed by atoms with E-state index in [1.165, 1.54) is 11.3 Å². The van der Waals surface area contributed by atoms with Gasteiger partial charge in [-0.05, 0) is 50.3 Å². The van der Waals surface area contributed by atoms with E-state index < -0.39 is 0 Å². The van der Waals surface area contributed by atoms with Crippen molar-refractivity contribution in [3.8, 4) is 0 Å². The standard InChI is InChI=1S/C16H19N3OS/c1-10-6-14(21-9-10)16(20)19-5-4-13(8-19)15-17-11(2)7-12(3)18-15/h6-7,9,13H,4-5,8H2,1-3H3. The molecular formula is C16H19N3OS. The highest BCUT2D eigenvalue weighted by molar-refractivity contribution is 7.12. The molecule has 0 spiro atoms. The lowest BCUT2D eigenvalue weighted by atomic mass is 10.1. The van der Waals surface area contributed by atoms with Gasteiger partial charge in [0.05, 0.1) is 4.88 Å². The van der Waals surface area contributed by atoms with Crippen molar-refractivity contribution in [3.63, 3.8) is 0 Å². The predicted octanol–water partition coefficient (Wildman–Crippen LogP) is 3.09. The van der Waals surface area contributed by atoms with Gasteiger partial charge < -0.3 is 4.90 Å². The fourth-order valence-corrected chi connectivity index (χ4v) is 3.66. The molecule has 0 aliphatic carbocycles. The van der Waals surface area contributed by atoms with Crippen LogP contribution in [0.1, 0.15) is 44.8 Å². The number of hydrogen-bond donors (Lipinski definition) is 0. The number of carbonyl (C=O) groups is 1. The number of amides is 1. The zero-order chi connectivity index (χ0) is 15.0. The van der Waals surface area contributed by atoms with Gasteiger partial charge in [0.15, 0.2) is 0 Å². The Balaban J connectivity index is 1.74. The highest BCUT2D eigenvalue weighted by Crippen LogP contribution is 2.27. The van der Waals surface area contributed by atoms with Gasteiger partial charge in [0.2, 0.25) is 0 Å². The molecule has 0 radical (unpaired) electrons. The maximum Gasteiger partial charge on any atom is 0.263 e. The summed E-state index contributed by atoms with van der Waals surface area (Å²) in [6.45, 7) is 7.51. The third kappa shape index (κ3) is 2.97. The summed E-state index contributed by atoms with van der Waals surface area (Å²) in [5, 5.41) is 2.02. The number of aryl methyl sites for hydroxylation is 3. The molecule has 1 aliphatic heterocycles. The van der Waals surface area contributed by atoms with Gasteiger partial charge in [0, 0.05) is 30.4 Å². The van der Waals surface area contributed by atoms with Crippen molar-refractivity contribution >= 4 is 17.2 Å². The van der Waals surface area contributed by atoms with E-state index >= 15 is 0 Å². The maximum absolute atomic E-state index is 12.5. The van der Waals surface area contributed by atoms with Crippen LogP contribution in [0.5, 0.6) is 0 Å². The average molecular weight is 301 g/mol. The molecule has 0 N–H and O–H groups in total. The molecule has 1 saturated heterocycles. The van der Waals surface area contributed by atoms with Crippen molar-refractivity contribution in [2.45, 2.75) is 33.1 Å². The molecule has 2 aromatic rings. The van der Waals surface area contributed by atoms with Crippen molar-refractivity contribution in [1.82, 2.24) is 14.9 Å². The van der Waals surface area contributed by atoms with E-state index in [0.717, 1.165) is 47.2 Å². The summed E-state index contributed by atoms with van der Waals surface area (Å²) in [5.74, 6) is 1.28. The number of thiophene rings is 1. The van der Waals surface area contributed by atoms with E-state index in [0.29, 0.717) is 0 Å². The maximum atomic E-state index is 12.5. The molecular weight excluding hydrogens is 282 g/mol. The summed E-state index contributed by atoms with van der Waals surface area (Å²) >= 11 is 1.52. The quantitative estimate of drug-likeness (QED) is 0.856. The van der Waals surface area contributed by atoms with Crippen molar-refractivity contribution in [2.24, 2.45) is 0 Å². The van der Waals surface area contributed by atoms with Crippen molar-refractivity contribution in [3.05, 3.63) is 45.2 Å². The SMILES string of the molecule is Cc1csc(C(=O)N2CCC(c3nc(C)cc(C)n3)C2)c1. The number of aromatic nitrogens is 2. The molecule has 0 saturated carbocycles. The van der Waals surface area contributed by atoms with Gasteiger partial charge in [-0.2, -0.15) is 0 Å². The molecule has 0 bridgehead atoms. The molecule has 5 heteroatoms. The van der Waals surface area contributed by atoms with Crippen LogP contribution in [0.25, 0.3) is 0 Å². The van der Waals surface area contributed by atoms with Gasteiger partial charge >= 0.3 is 0 Å². The number of likely N-dealkylation sites (tertiary alicyclic amines) is 1. The first kappa shape index (κ1) is 14.2. The Morgan fingerprint density at radius 3 is 2.57 bits per heavy atom. The third-order valence-corrected chi connectivity index (χ3v) is 4.82. The molecule has 4 nitrogen and oxygen atoms in total. The van der Waals surface area contributed by atoms with Crippen LogP contribution in [-0.2, 0) is 0 Å². The van der Waals surface area contributed by atoms with Crippen molar-refractivity contribution in [1.29, 1.82) is 0 Å². The lowest BCUT2D eigenvalue weighted by Gasteiger charge is -2.15. The molecule has 1 fully saturated rings. The van der Waals surface area contributed by atoms with Crippen molar-refractivity contribution < 1.29 is 4.79 Å². The predicted molar refractivity (Wildman–Crippen MR) is 83.8 cm³/mol. The molecule has 3 rings (SSSR count). The molecule has 21 heavy (non-hydrogen) atoms. The number of carbonyl (C=O) groups excluding carboxylic acids is 1. The molecule has 2 aromatic heterocycles. The Labute approximate surface area is 128 Å². The highest BCUT2D eigenvalue weighted by atomic mass is 32.1. The second-order valence-corrected chi connectivity index (χ2v) is 6.65. The summed E-state index contributed by atoms with van der Waals surface area (Å²) < 4.78 is 0.